The summed E-state index contributed by atoms with van der Waals surface area (Å²) in [6, 6.07) is 25.2. The van der Waals surface area contributed by atoms with E-state index in [9.17, 15) is 9.18 Å². The standard InChI is InChI=1S/C29H30FN3O/c1-2-20-14-26(33(18-20)19-21-6-4-3-5-7-21)17-31-29(34)28-16-24-9-8-23(15-27(24)32-28)22-10-12-25(30)13-11-22/h3-13,15-16,20,26,32H,2,14,17-19H2,1H3,(H,31,34)/t20-,26-/m0/s1. The van der Waals surface area contributed by atoms with Crippen LogP contribution in [0.15, 0.2) is 78.9 Å². The highest BCUT2D eigenvalue weighted by Crippen LogP contribution is 2.28. The fraction of sp³-hybridized carbons (Fsp3) is 0.276. The number of carbonyl (C=O) groups is 1. The summed E-state index contributed by atoms with van der Waals surface area (Å²) in [6.07, 6.45) is 2.27. The van der Waals surface area contributed by atoms with E-state index in [2.05, 4.69) is 46.4 Å². The molecule has 4 nitrogen and oxygen atoms in total. The maximum absolute atomic E-state index is 13.3. The number of halogens is 1. The third kappa shape index (κ3) is 4.90. The second-order valence-corrected chi connectivity index (χ2v) is 9.28. The number of carbonyl (C=O) groups excluding carboxylic acids is 1. The molecule has 4 aromatic rings. The molecule has 174 valence electrons. The average molecular weight is 456 g/mol. The molecule has 1 aliphatic heterocycles. The number of amides is 1. The summed E-state index contributed by atoms with van der Waals surface area (Å²) in [6.45, 7) is 4.87. The molecule has 2 N–H and O–H groups in total. The number of hydrogen-bond acceptors (Lipinski definition) is 2. The van der Waals surface area contributed by atoms with E-state index < -0.39 is 0 Å². The largest absolute Gasteiger partial charge is 0.351 e. The fourth-order valence-corrected chi connectivity index (χ4v) is 4.99. The Hall–Kier alpha value is -3.44. The van der Waals surface area contributed by atoms with E-state index in [1.807, 2.05) is 30.3 Å². The first-order valence-electron chi connectivity index (χ1n) is 12.0. The minimum Gasteiger partial charge on any atom is -0.351 e. The third-order valence-corrected chi connectivity index (χ3v) is 6.96. The van der Waals surface area contributed by atoms with Gasteiger partial charge in [0, 0.05) is 36.6 Å². The topological polar surface area (TPSA) is 48.1 Å². The lowest BCUT2D eigenvalue weighted by atomic mass is 10.0. The summed E-state index contributed by atoms with van der Waals surface area (Å²) in [7, 11) is 0. The molecule has 1 amide bonds. The Labute approximate surface area is 199 Å². The summed E-state index contributed by atoms with van der Waals surface area (Å²) in [5.74, 6) is 0.334. The zero-order valence-corrected chi connectivity index (χ0v) is 19.4. The molecule has 2 heterocycles. The van der Waals surface area contributed by atoms with Gasteiger partial charge in [0.05, 0.1) is 0 Å². The van der Waals surface area contributed by atoms with Gasteiger partial charge in [-0.15, -0.1) is 0 Å². The molecule has 5 heteroatoms. The second-order valence-electron chi connectivity index (χ2n) is 9.28. The number of benzene rings is 3. The molecule has 0 bridgehead atoms. The van der Waals surface area contributed by atoms with Crippen LogP contribution in [0.2, 0.25) is 0 Å². The average Bonchev–Trinajstić information content (AvgIpc) is 3.47. The van der Waals surface area contributed by atoms with Crippen molar-refractivity contribution in [3.8, 4) is 11.1 Å². The molecule has 0 aliphatic carbocycles. The van der Waals surface area contributed by atoms with Gasteiger partial charge in [0.2, 0.25) is 0 Å². The molecule has 1 fully saturated rings. The van der Waals surface area contributed by atoms with Crippen molar-refractivity contribution in [1.82, 2.24) is 15.2 Å². The summed E-state index contributed by atoms with van der Waals surface area (Å²) in [5, 5.41) is 4.14. The summed E-state index contributed by atoms with van der Waals surface area (Å²) in [5.41, 5.74) is 4.68. The van der Waals surface area contributed by atoms with Gasteiger partial charge in [0.25, 0.3) is 5.91 Å². The van der Waals surface area contributed by atoms with Crippen LogP contribution in [0.25, 0.3) is 22.0 Å². The van der Waals surface area contributed by atoms with Crippen molar-refractivity contribution in [3.05, 3.63) is 95.9 Å². The molecule has 0 spiro atoms. The van der Waals surface area contributed by atoms with Crippen molar-refractivity contribution in [2.75, 3.05) is 13.1 Å². The van der Waals surface area contributed by atoms with E-state index in [1.165, 1.54) is 17.7 Å². The Morgan fingerprint density at radius 2 is 1.79 bits per heavy atom. The number of fused-ring (bicyclic) bond motifs is 1. The third-order valence-electron chi connectivity index (χ3n) is 6.96. The monoisotopic (exact) mass is 455 g/mol. The number of aromatic nitrogens is 1. The molecule has 5 rings (SSSR count). The fourth-order valence-electron chi connectivity index (χ4n) is 4.99. The Bertz CT molecular complexity index is 1270. The number of nitrogens with zero attached hydrogens (tertiary/aromatic N) is 1. The van der Waals surface area contributed by atoms with Gasteiger partial charge < -0.3 is 10.3 Å². The zero-order chi connectivity index (χ0) is 23.5. The first-order chi connectivity index (χ1) is 16.6. The Balaban J connectivity index is 1.26. The molecule has 1 aliphatic rings. The number of likely N-dealkylation sites (tertiary alicyclic amines) is 1. The molecule has 0 saturated carbocycles. The quantitative estimate of drug-likeness (QED) is 0.359. The Morgan fingerprint density at radius 3 is 2.56 bits per heavy atom. The van der Waals surface area contributed by atoms with Gasteiger partial charge in [-0.3, -0.25) is 9.69 Å². The summed E-state index contributed by atoms with van der Waals surface area (Å²) < 4.78 is 13.3. The van der Waals surface area contributed by atoms with Crippen LogP contribution < -0.4 is 5.32 Å². The van der Waals surface area contributed by atoms with Gasteiger partial charge in [-0.05, 0) is 53.3 Å². The smallest absolute Gasteiger partial charge is 0.267 e. The van der Waals surface area contributed by atoms with E-state index >= 15 is 0 Å². The first kappa shape index (κ1) is 22.4. The second kappa shape index (κ2) is 9.82. The summed E-state index contributed by atoms with van der Waals surface area (Å²) >= 11 is 0. The highest BCUT2D eigenvalue weighted by atomic mass is 19.1. The van der Waals surface area contributed by atoms with E-state index in [4.69, 9.17) is 0 Å². The molecular weight excluding hydrogens is 425 g/mol. The van der Waals surface area contributed by atoms with E-state index in [1.54, 1.807) is 12.1 Å². The van der Waals surface area contributed by atoms with E-state index in [0.717, 1.165) is 48.0 Å². The van der Waals surface area contributed by atoms with E-state index in [0.29, 0.717) is 24.2 Å². The van der Waals surface area contributed by atoms with Crippen LogP contribution in [-0.4, -0.2) is 34.9 Å². The maximum Gasteiger partial charge on any atom is 0.267 e. The van der Waals surface area contributed by atoms with Crippen LogP contribution in [0.3, 0.4) is 0 Å². The van der Waals surface area contributed by atoms with Gasteiger partial charge in [0.15, 0.2) is 0 Å². The van der Waals surface area contributed by atoms with Crippen molar-refractivity contribution >= 4 is 16.8 Å². The minimum atomic E-state index is -0.251. The van der Waals surface area contributed by atoms with Crippen molar-refractivity contribution < 1.29 is 9.18 Å². The van der Waals surface area contributed by atoms with Crippen molar-refractivity contribution in [3.63, 3.8) is 0 Å². The predicted molar refractivity (Wildman–Crippen MR) is 135 cm³/mol. The number of hydrogen-bond donors (Lipinski definition) is 2. The van der Waals surface area contributed by atoms with Crippen LogP contribution in [0.5, 0.6) is 0 Å². The molecular formula is C29H30FN3O. The first-order valence-corrected chi connectivity index (χ1v) is 12.0. The van der Waals surface area contributed by atoms with Crippen molar-refractivity contribution in [2.24, 2.45) is 5.92 Å². The molecule has 1 saturated heterocycles. The lowest BCUT2D eigenvalue weighted by Crippen LogP contribution is -2.39. The van der Waals surface area contributed by atoms with Crippen LogP contribution in [0, 0.1) is 11.7 Å². The van der Waals surface area contributed by atoms with Crippen molar-refractivity contribution in [2.45, 2.75) is 32.4 Å². The minimum absolute atomic E-state index is 0.0841. The summed E-state index contributed by atoms with van der Waals surface area (Å²) in [4.78, 5) is 18.7. The molecule has 0 radical (unpaired) electrons. The SMILES string of the molecule is CC[C@H]1C[C@@H](CNC(=O)c2cc3ccc(-c4ccc(F)cc4)cc3[nH]2)N(Cc2ccccc2)C1. The number of rotatable bonds is 7. The molecule has 3 aromatic carbocycles. The lowest BCUT2D eigenvalue weighted by Gasteiger charge is -2.24. The van der Waals surface area contributed by atoms with Gasteiger partial charge in [-0.1, -0.05) is 67.9 Å². The van der Waals surface area contributed by atoms with Crippen molar-refractivity contribution in [1.29, 1.82) is 0 Å². The molecule has 0 unspecified atom stereocenters. The van der Waals surface area contributed by atoms with Crippen LogP contribution in [0.1, 0.15) is 35.8 Å². The van der Waals surface area contributed by atoms with Crippen LogP contribution >= 0.6 is 0 Å². The van der Waals surface area contributed by atoms with Gasteiger partial charge in [0.1, 0.15) is 11.5 Å². The zero-order valence-electron chi connectivity index (χ0n) is 19.4. The van der Waals surface area contributed by atoms with Crippen LogP contribution in [-0.2, 0) is 6.54 Å². The number of H-pyrrole nitrogens is 1. The Morgan fingerprint density at radius 1 is 1.03 bits per heavy atom. The van der Waals surface area contributed by atoms with Crippen LogP contribution in [0.4, 0.5) is 4.39 Å². The molecule has 34 heavy (non-hydrogen) atoms. The van der Waals surface area contributed by atoms with Gasteiger partial charge in [-0.25, -0.2) is 4.39 Å². The Kier molecular flexibility index (Phi) is 6.45. The molecule has 2 atom stereocenters. The van der Waals surface area contributed by atoms with E-state index in [-0.39, 0.29) is 11.7 Å². The highest BCUT2D eigenvalue weighted by molar-refractivity contribution is 5.98. The predicted octanol–water partition coefficient (Wildman–Crippen LogP) is 6.00. The van der Waals surface area contributed by atoms with Gasteiger partial charge >= 0.3 is 0 Å². The maximum atomic E-state index is 13.3. The lowest BCUT2D eigenvalue weighted by molar-refractivity contribution is 0.0935. The molecule has 1 aromatic heterocycles. The highest BCUT2D eigenvalue weighted by Gasteiger charge is 2.31. The number of nitrogens with one attached hydrogen (secondary N) is 2. The normalized spacial score (nSPS) is 18.4. The number of aromatic amines is 1. The van der Waals surface area contributed by atoms with Gasteiger partial charge in [-0.2, -0.15) is 0 Å².